The molecule has 0 unspecified atom stereocenters. The molecule has 2 N–H and O–H groups in total. The van der Waals surface area contributed by atoms with E-state index < -0.39 is 30.8 Å². The average molecular weight is 362 g/mol. The summed E-state index contributed by atoms with van der Waals surface area (Å²) in [4.78, 5) is 35.0. The molecule has 1 aromatic rings. The molecule has 1 aromatic carbocycles. The Labute approximate surface area is 151 Å². The van der Waals surface area contributed by atoms with E-state index in [-0.39, 0.29) is 11.5 Å². The van der Waals surface area contributed by atoms with Crippen LogP contribution in [-0.4, -0.2) is 37.5 Å². The van der Waals surface area contributed by atoms with E-state index in [1.807, 2.05) is 0 Å². The van der Waals surface area contributed by atoms with Gasteiger partial charge in [-0.15, -0.1) is 0 Å². The molecule has 7 heteroatoms. The van der Waals surface area contributed by atoms with Gasteiger partial charge in [-0.1, -0.05) is 17.7 Å². The Morgan fingerprint density at radius 1 is 1.15 bits per heavy atom. The Bertz CT molecular complexity index is 688. The van der Waals surface area contributed by atoms with Gasteiger partial charge in [0.2, 0.25) is 0 Å². The van der Waals surface area contributed by atoms with Crippen LogP contribution in [0.3, 0.4) is 0 Å². The largest absolute Gasteiger partial charge is 0.454 e. The number of amides is 2. The summed E-state index contributed by atoms with van der Waals surface area (Å²) in [7, 11) is 0. The molecule has 140 valence electrons. The highest BCUT2D eigenvalue weighted by atomic mass is 19.1. The van der Waals surface area contributed by atoms with Crippen LogP contribution < -0.4 is 10.6 Å². The number of allylic oxidation sites excluding steroid dienone is 1. The normalized spacial score (nSPS) is 13.5. The minimum atomic E-state index is -0.736. The standard InChI is InChI=1S/C19H23FN2O4/c20-16-8-4-7-15(11-16)19(25)22-12-18(24)26-13-17(23)21-10-9-14-5-2-1-3-6-14/h4-5,7-8,11H,1-3,6,9-10,12-13H2,(H,21,23)(H,22,25). The van der Waals surface area contributed by atoms with Gasteiger partial charge in [0.05, 0.1) is 0 Å². The van der Waals surface area contributed by atoms with Crippen molar-refractivity contribution in [1.29, 1.82) is 0 Å². The van der Waals surface area contributed by atoms with E-state index in [0.29, 0.717) is 6.54 Å². The summed E-state index contributed by atoms with van der Waals surface area (Å²) in [6.45, 7) is -0.276. The minimum Gasteiger partial charge on any atom is -0.454 e. The fraction of sp³-hybridized carbons (Fsp3) is 0.421. The maximum absolute atomic E-state index is 13.0. The second kappa shape index (κ2) is 10.3. The van der Waals surface area contributed by atoms with Crippen molar-refractivity contribution in [3.8, 4) is 0 Å². The first-order valence-electron chi connectivity index (χ1n) is 8.68. The SMILES string of the molecule is O=C(COC(=O)CNC(=O)c1cccc(F)c1)NCCC1=CCCCC1. The fourth-order valence-corrected chi connectivity index (χ4v) is 2.63. The molecule has 1 aliphatic rings. The Hall–Kier alpha value is -2.70. The smallest absolute Gasteiger partial charge is 0.325 e. The summed E-state index contributed by atoms with van der Waals surface area (Å²) in [6.07, 6.45) is 7.62. The van der Waals surface area contributed by atoms with Crippen LogP contribution in [0.2, 0.25) is 0 Å². The lowest BCUT2D eigenvalue weighted by Gasteiger charge is -2.13. The van der Waals surface area contributed by atoms with Crippen LogP contribution in [0.5, 0.6) is 0 Å². The molecule has 2 amide bonds. The molecule has 0 radical (unpaired) electrons. The van der Waals surface area contributed by atoms with Crippen molar-refractivity contribution >= 4 is 17.8 Å². The van der Waals surface area contributed by atoms with E-state index in [4.69, 9.17) is 4.74 Å². The highest BCUT2D eigenvalue weighted by Crippen LogP contribution is 2.19. The zero-order chi connectivity index (χ0) is 18.8. The molecular weight excluding hydrogens is 339 g/mol. The molecule has 0 aliphatic heterocycles. The molecule has 0 saturated heterocycles. The first-order chi connectivity index (χ1) is 12.5. The number of rotatable bonds is 8. The third-order valence-corrected chi connectivity index (χ3v) is 4.00. The Balaban J connectivity index is 1.59. The minimum absolute atomic E-state index is 0.104. The summed E-state index contributed by atoms with van der Waals surface area (Å²) < 4.78 is 17.8. The van der Waals surface area contributed by atoms with Gasteiger partial charge < -0.3 is 15.4 Å². The van der Waals surface area contributed by atoms with Crippen LogP contribution in [0.15, 0.2) is 35.9 Å². The highest BCUT2D eigenvalue weighted by Gasteiger charge is 2.11. The predicted octanol–water partition coefficient (Wildman–Crippen LogP) is 2.11. The number of ether oxygens (including phenoxy) is 1. The lowest BCUT2D eigenvalue weighted by atomic mass is 9.97. The molecule has 6 nitrogen and oxygen atoms in total. The van der Waals surface area contributed by atoms with Crippen molar-refractivity contribution in [3.05, 3.63) is 47.3 Å². The molecule has 1 aliphatic carbocycles. The Kier molecular flexibility index (Phi) is 7.79. The maximum atomic E-state index is 13.0. The second-order valence-electron chi connectivity index (χ2n) is 6.06. The zero-order valence-corrected chi connectivity index (χ0v) is 14.6. The van der Waals surface area contributed by atoms with E-state index in [2.05, 4.69) is 16.7 Å². The van der Waals surface area contributed by atoms with Crippen LogP contribution in [0.4, 0.5) is 4.39 Å². The zero-order valence-electron chi connectivity index (χ0n) is 14.6. The predicted molar refractivity (Wildman–Crippen MR) is 93.9 cm³/mol. The van der Waals surface area contributed by atoms with E-state index in [0.717, 1.165) is 25.3 Å². The molecule has 2 rings (SSSR count). The van der Waals surface area contributed by atoms with Crippen LogP contribution in [-0.2, 0) is 14.3 Å². The molecular formula is C19H23FN2O4. The number of carbonyl (C=O) groups is 3. The molecule has 0 fully saturated rings. The van der Waals surface area contributed by atoms with Crippen molar-refractivity contribution in [1.82, 2.24) is 10.6 Å². The molecule has 0 spiro atoms. The number of hydrogen-bond donors (Lipinski definition) is 2. The van der Waals surface area contributed by atoms with Gasteiger partial charge in [-0.05, 0) is 50.3 Å². The van der Waals surface area contributed by atoms with Crippen LogP contribution in [0, 0.1) is 5.82 Å². The highest BCUT2D eigenvalue weighted by molar-refractivity contribution is 5.96. The lowest BCUT2D eigenvalue weighted by molar-refractivity contribution is -0.147. The van der Waals surface area contributed by atoms with Crippen LogP contribution >= 0.6 is 0 Å². The average Bonchev–Trinajstić information content (AvgIpc) is 2.65. The van der Waals surface area contributed by atoms with Gasteiger partial charge in [0.25, 0.3) is 11.8 Å². The number of nitrogens with one attached hydrogen (secondary N) is 2. The second-order valence-corrected chi connectivity index (χ2v) is 6.06. The fourth-order valence-electron chi connectivity index (χ4n) is 2.63. The first-order valence-corrected chi connectivity index (χ1v) is 8.68. The van der Waals surface area contributed by atoms with Gasteiger partial charge in [0, 0.05) is 12.1 Å². The van der Waals surface area contributed by atoms with Crippen LogP contribution in [0.25, 0.3) is 0 Å². The third-order valence-electron chi connectivity index (χ3n) is 4.00. The maximum Gasteiger partial charge on any atom is 0.325 e. The summed E-state index contributed by atoms with van der Waals surface area (Å²) in [6, 6.07) is 5.11. The van der Waals surface area contributed by atoms with Crippen molar-refractivity contribution in [3.63, 3.8) is 0 Å². The first kappa shape index (κ1) is 19.6. The monoisotopic (exact) mass is 362 g/mol. The van der Waals surface area contributed by atoms with Gasteiger partial charge in [-0.2, -0.15) is 0 Å². The van der Waals surface area contributed by atoms with Crippen molar-refractivity contribution < 1.29 is 23.5 Å². The molecule has 0 saturated carbocycles. The molecule has 0 heterocycles. The molecule has 0 atom stereocenters. The topological polar surface area (TPSA) is 84.5 Å². The van der Waals surface area contributed by atoms with Crippen molar-refractivity contribution in [2.75, 3.05) is 19.7 Å². The number of esters is 1. The quantitative estimate of drug-likeness (QED) is 0.548. The van der Waals surface area contributed by atoms with Gasteiger partial charge >= 0.3 is 5.97 Å². The van der Waals surface area contributed by atoms with Gasteiger partial charge in [0.15, 0.2) is 6.61 Å². The molecule has 0 aromatic heterocycles. The van der Waals surface area contributed by atoms with E-state index in [1.54, 1.807) is 0 Å². The lowest BCUT2D eigenvalue weighted by Crippen LogP contribution is -2.34. The molecule has 26 heavy (non-hydrogen) atoms. The van der Waals surface area contributed by atoms with Gasteiger partial charge in [-0.25, -0.2) is 4.39 Å². The number of halogens is 1. The summed E-state index contributed by atoms with van der Waals surface area (Å²) >= 11 is 0. The van der Waals surface area contributed by atoms with Gasteiger partial charge in [0.1, 0.15) is 12.4 Å². The Morgan fingerprint density at radius 2 is 2.00 bits per heavy atom. The van der Waals surface area contributed by atoms with E-state index >= 15 is 0 Å². The summed E-state index contributed by atoms with van der Waals surface area (Å²) in [5.41, 5.74) is 1.46. The molecule has 0 bridgehead atoms. The summed E-state index contributed by atoms with van der Waals surface area (Å²) in [5.74, 6) is -2.25. The van der Waals surface area contributed by atoms with E-state index in [1.165, 1.54) is 36.6 Å². The van der Waals surface area contributed by atoms with E-state index in [9.17, 15) is 18.8 Å². The Morgan fingerprint density at radius 3 is 2.73 bits per heavy atom. The van der Waals surface area contributed by atoms with Crippen LogP contribution in [0.1, 0.15) is 42.5 Å². The summed E-state index contributed by atoms with van der Waals surface area (Å²) in [5, 5.41) is 5.01. The van der Waals surface area contributed by atoms with Gasteiger partial charge in [-0.3, -0.25) is 14.4 Å². The number of carbonyl (C=O) groups excluding carboxylic acids is 3. The van der Waals surface area contributed by atoms with Crippen molar-refractivity contribution in [2.45, 2.75) is 32.1 Å². The number of benzene rings is 1. The third kappa shape index (κ3) is 7.04. The number of hydrogen-bond acceptors (Lipinski definition) is 4. The van der Waals surface area contributed by atoms with Crippen molar-refractivity contribution in [2.24, 2.45) is 0 Å².